The van der Waals surface area contributed by atoms with Gasteiger partial charge >= 0.3 is 5.69 Å². The Labute approximate surface area is 181 Å². The van der Waals surface area contributed by atoms with Crippen molar-refractivity contribution in [2.45, 2.75) is 18.8 Å². The summed E-state index contributed by atoms with van der Waals surface area (Å²) in [5.74, 6) is -0.491. The third kappa shape index (κ3) is 3.80. The maximum atomic E-state index is 14.1. The van der Waals surface area contributed by atoms with E-state index in [4.69, 9.17) is 9.37 Å². The van der Waals surface area contributed by atoms with Gasteiger partial charge in [-0.1, -0.05) is 0 Å². The molecule has 1 saturated carbocycles. The molecule has 0 spiro atoms. The van der Waals surface area contributed by atoms with Crippen LogP contribution in [0.2, 0.25) is 0 Å². The van der Waals surface area contributed by atoms with Gasteiger partial charge in [-0.05, 0) is 58.9 Å². The first-order valence-electron chi connectivity index (χ1n) is 10.3. The van der Waals surface area contributed by atoms with Gasteiger partial charge in [0, 0.05) is 19.2 Å². The lowest BCUT2D eigenvalue weighted by Gasteiger charge is -2.30. The van der Waals surface area contributed by atoms with Crippen LogP contribution >= 0.6 is 0 Å². The fourth-order valence-corrected chi connectivity index (χ4v) is 4.04. The van der Waals surface area contributed by atoms with Gasteiger partial charge in [0.2, 0.25) is 11.4 Å². The Bertz CT molecular complexity index is 1190. The minimum atomic E-state index is -0.580. The molecule has 0 bridgehead atoms. The van der Waals surface area contributed by atoms with Crippen molar-refractivity contribution in [3.05, 3.63) is 51.8 Å². The summed E-state index contributed by atoms with van der Waals surface area (Å²) in [5, 5.41) is 18.9. The average Bonchev–Trinajstić information content (AvgIpc) is 3.51. The van der Waals surface area contributed by atoms with Crippen molar-refractivity contribution in [2.24, 2.45) is 0 Å². The third-order valence-electron chi connectivity index (χ3n) is 5.77. The molecule has 0 N–H and O–H groups in total. The molecule has 2 fully saturated rings. The summed E-state index contributed by atoms with van der Waals surface area (Å²) in [5.41, 5.74) is 1.34. The van der Waals surface area contributed by atoms with Gasteiger partial charge < -0.3 is 4.74 Å². The van der Waals surface area contributed by atoms with Gasteiger partial charge in [-0.2, -0.15) is 0 Å². The molecule has 1 aliphatic heterocycles. The first-order valence-corrected chi connectivity index (χ1v) is 10.3. The highest BCUT2D eigenvalue weighted by molar-refractivity contribution is 6.09. The summed E-state index contributed by atoms with van der Waals surface area (Å²) in [4.78, 5) is 27.9. The maximum absolute atomic E-state index is 14.1. The van der Waals surface area contributed by atoms with Crippen LogP contribution in [-0.4, -0.2) is 58.9 Å². The summed E-state index contributed by atoms with van der Waals surface area (Å²) >= 11 is 0. The number of anilines is 2. The number of non-ortho nitro benzene ring substituents is 1. The lowest BCUT2D eigenvalue weighted by atomic mass is 10.1. The van der Waals surface area contributed by atoms with Crippen LogP contribution in [0.25, 0.3) is 11.0 Å². The molecule has 166 valence electrons. The number of benzene rings is 2. The fraction of sp³-hybridized carbons (Fsp3) is 0.381. The number of morpholine rings is 1. The van der Waals surface area contributed by atoms with Gasteiger partial charge in [0.1, 0.15) is 5.82 Å². The van der Waals surface area contributed by atoms with E-state index in [0.29, 0.717) is 37.7 Å². The van der Waals surface area contributed by atoms with E-state index in [0.717, 1.165) is 18.4 Å². The Morgan fingerprint density at radius 1 is 1.16 bits per heavy atom. The Morgan fingerprint density at radius 3 is 2.59 bits per heavy atom. The van der Waals surface area contributed by atoms with Crippen molar-refractivity contribution < 1.29 is 23.5 Å². The first kappa shape index (κ1) is 20.5. The van der Waals surface area contributed by atoms with E-state index in [-0.39, 0.29) is 40.9 Å². The molecule has 0 unspecified atom stereocenters. The number of carbonyl (C=O) groups excluding carboxylic acids is 1. The number of fused-ring (bicyclic) bond motifs is 1. The second kappa shape index (κ2) is 8.24. The number of nitrogens with zero attached hydrogens (tertiary/aromatic N) is 5. The van der Waals surface area contributed by atoms with Gasteiger partial charge in [-0.15, -0.1) is 0 Å². The SMILES string of the molecule is O=C(CN1CCOCC1)N(c1ccc(F)cc1C1CC1)c1ccc([N+](=O)[O-])c2nonc12. The van der Waals surface area contributed by atoms with E-state index in [1.165, 1.54) is 29.2 Å². The molecule has 11 heteroatoms. The highest BCUT2D eigenvalue weighted by Gasteiger charge is 2.33. The zero-order valence-electron chi connectivity index (χ0n) is 17.1. The van der Waals surface area contributed by atoms with Gasteiger partial charge in [0.15, 0.2) is 5.52 Å². The molecule has 5 rings (SSSR count). The molecule has 0 atom stereocenters. The second-order valence-corrected chi connectivity index (χ2v) is 7.92. The van der Waals surface area contributed by atoms with Crippen LogP contribution in [0.1, 0.15) is 24.3 Å². The van der Waals surface area contributed by atoms with E-state index in [1.54, 1.807) is 6.07 Å². The predicted octanol–water partition coefficient (Wildman–Crippen LogP) is 3.14. The number of nitro benzene ring substituents is 1. The zero-order valence-corrected chi connectivity index (χ0v) is 17.1. The van der Waals surface area contributed by atoms with E-state index in [9.17, 15) is 19.3 Å². The van der Waals surface area contributed by atoms with E-state index < -0.39 is 4.92 Å². The molecule has 2 heterocycles. The highest BCUT2D eigenvalue weighted by Crippen LogP contribution is 2.47. The van der Waals surface area contributed by atoms with E-state index in [1.807, 2.05) is 4.90 Å². The standard InChI is InChI=1S/C21H20FN5O5/c22-14-3-4-16(15(11-14)13-1-2-13)26(19(28)12-25-7-9-31-10-8-25)17-5-6-18(27(29)30)21-20(17)23-32-24-21/h3-6,11,13H,1-2,7-10,12H2. The van der Waals surface area contributed by atoms with Gasteiger partial charge in [0.05, 0.1) is 36.1 Å². The molecule has 1 aliphatic carbocycles. The van der Waals surface area contributed by atoms with Crippen LogP contribution < -0.4 is 4.90 Å². The molecule has 2 aromatic carbocycles. The normalized spacial score (nSPS) is 16.9. The number of hydrogen-bond acceptors (Lipinski definition) is 8. The average molecular weight is 441 g/mol. The van der Waals surface area contributed by atoms with E-state index in [2.05, 4.69) is 10.3 Å². The van der Waals surface area contributed by atoms with Crippen LogP contribution in [0.3, 0.4) is 0 Å². The lowest BCUT2D eigenvalue weighted by molar-refractivity contribution is -0.383. The summed E-state index contributed by atoms with van der Waals surface area (Å²) < 4.78 is 24.2. The van der Waals surface area contributed by atoms with Gasteiger partial charge in [-0.3, -0.25) is 24.7 Å². The molecule has 1 aromatic heterocycles. The van der Waals surface area contributed by atoms with Crippen molar-refractivity contribution in [1.29, 1.82) is 0 Å². The number of ether oxygens (including phenoxy) is 1. The number of nitro groups is 1. The summed E-state index contributed by atoms with van der Waals surface area (Å²) in [6.07, 6.45) is 1.81. The van der Waals surface area contributed by atoms with Crippen LogP contribution in [0.4, 0.5) is 21.5 Å². The van der Waals surface area contributed by atoms with Gasteiger partial charge in [-0.25, -0.2) is 9.02 Å². The molecular formula is C21H20FN5O5. The minimum absolute atomic E-state index is 0.0493. The van der Waals surface area contributed by atoms with Crippen LogP contribution in [0.15, 0.2) is 35.0 Å². The van der Waals surface area contributed by atoms with Crippen molar-refractivity contribution in [3.8, 4) is 0 Å². The van der Waals surface area contributed by atoms with Gasteiger partial charge in [0.25, 0.3) is 0 Å². The quantitative estimate of drug-likeness (QED) is 0.423. The first-order chi connectivity index (χ1) is 15.5. The molecule has 10 nitrogen and oxygen atoms in total. The topological polar surface area (TPSA) is 115 Å². The number of carbonyl (C=O) groups is 1. The zero-order chi connectivity index (χ0) is 22.2. The fourth-order valence-electron chi connectivity index (χ4n) is 4.04. The largest absolute Gasteiger partial charge is 0.379 e. The summed E-state index contributed by atoms with van der Waals surface area (Å²) in [7, 11) is 0. The Morgan fingerprint density at radius 2 is 1.88 bits per heavy atom. The number of aromatic nitrogens is 2. The Kier molecular flexibility index (Phi) is 5.27. The van der Waals surface area contributed by atoms with E-state index >= 15 is 0 Å². The third-order valence-corrected chi connectivity index (χ3v) is 5.77. The number of halogens is 1. The smallest absolute Gasteiger partial charge is 0.300 e. The van der Waals surface area contributed by atoms with Crippen molar-refractivity contribution in [2.75, 3.05) is 37.7 Å². The van der Waals surface area contributed by atoms with Crippen molar-refractivity contribution in [1.82, 2.24) is 15.2 Å². The van der Waals surface area contributed by atoms with Crippen LogP contribution in [0, 0.1) is 15.9 Å². The molecule has 1 amide bonds. The molecule has 32 heavy (non-hydrogen) atoms. The lowest BCUT2D eigenvalue weighted by Crippen LogP contribution is -2.43. The molecule has 2 aliphatic rings. The predicted molar refractivity (Wildman–Crippen MR) is 111 cm³/mol. The molecule has 1 saturated heterocycles. The second-order valence-electron chi connectivity index (χ2n) is 7.92. The summed E-state index contributed by atoms with van der Waals surface area (Å²) in [6.45, 7) is 2.40. The summed E-state index contributed by atoms with van der Waals surface area (Å²) in [6, 6.07) is 7.06. The van der Waals surface area contributed by atoms with Crippen LogP contribution in [-0.2, 0) is 9.53 Å². The maximum Gasteiger partial charge on any atom is 0.300 e. The Hall–Kier alpha value is -3.44. The van der Waals surface area contributed by atoms with Crippen LogP contribution in [0.5, 0.6) is 0 Å². The molecular weight excluding hydrogens is 421 g/mol. The Balaban J connectivity index is 1.63. The monoisotopic (exact) mass is 441 g/mol. The number of hydrogen-bond donors (Lipinski definition) is 0. The van der Waals surface area contributed by atoms with Crippen molar-refractivity contribution >= 4 is 34.0 Å². The molecule has 3 aromatic rings. The number of amides is 1. The number of rotatable bonds is 6. The highest BCUT2D eigenvalue weighted by atomic mass is 19.1. The molecule has 0 radical (unpaired) electrons. The van der Waals surface area contributed by atoms with Crippen molar-refractivity contribution in [3.63, 3.8) is 0 Å². The minimum Gasteiger partial charge on any atom is -0.379 e.